The van der Waals surface area contributed by atoms with Gasteiger partial charge in [-0.3, -0.25) is 0 Å². The van der Waals surface area contributed by atoms with Gasteiger partial charge in [-0.05, 0) is 31.7 Å². The predicted octanol–water partition coefficient (Wildman–Crippen LogP) is 0.320. The van der Waals surface area contributed by atoms with Crippen molar-refractivity contribution in [3.05, 3.63) is 24.0 Å². The molecule has 2 N–H and O–H groups in total. The Morgan fingerprint density at radius 1 is 1.52 bits per heavy atom. The van der Waals surface area contributed by atoms with Gasteiger partial charge in [-0.25, -0.2) is 17.5 Å². The fraction of sp³-hybridized carbons (Fsp3) is 0.538. The molecule has 0 unspecified atom stereocenters. The van der Waals surface area contributed by atoms with E-state index in [0.717, 1.165) is 6.07 Å². The second kappa shape index (κ2) is 6.27. The summed E-state index contributed by atoms with van der Waals surface area (Å²) >= 11 is 0. The second-order valence-corrected chi connectivity index (χ2v) is 6.79. The molecule has 2 rings (SSSR count). The van der Waals surface area contributed by atoms with Crippen LogP contribution in [-0.2, 0) is 14.8 Å². The van der Waals surface area contributed by atoms with Crippen molar-refractivity contribution in [2.45, 2.75) is 23.5 Å². The summed E-state index contributed by atoms with van der Waals surface area (Å²) in [4.78, 5) is 1.58. The van der Waals surface area contributed by atoms with Gasteiger partial charge >= 0.3 is 0 Å². The summed E-state index contributed by atoms with van der Waals surface area (Å²) in [6, 6.07) is 3.51. The molecule has 2 atom stereocenters. The number of methoxy groups -OCH3 is 1. The lowest BCUT2D eigenvalue weighted by Crippen LogP contribution is -2.33. The van der Waals surface area contributed by atoms with Crippen LogP contribution in [0.1, 0.15) is 6.42 Å². The molecule has 1 aromatic rings. The van der Waals surface area contributed by atoms with Crippen LogP contribution in [0.5, 0.6) is 0 Å². The van der Waals surface area contributed by atoms with Gasteiger partial charge in [0.1, 0.15) is 5.82 Å². The zero-order valence-electron chi connectivity index (χ0n) is 11.9. The number of hydrogen-bond acceptors (Lipinski definition) is 5. The fourth-order valence-electron chi connectivity index (χ4n) is 2.52. The number of aliphatic hydroxyl groups excluding tert-OH is 1. The van der Waals surface area contributed by atoms with Gasteiger partial charge in [-0.1, -0.05) is 0 Å². The number of nitrogens with one attached hydrogen (secondary N) is 1. The molecular formula is C13H19FN2O4S. The van der Waals surface area contributed by atoms with Crippen molar-refractivity contribution in [2.75, 3.05) is 32.2 Å². The number of hydrogen-bond donors (Lipinski definition) is 2. The van der Waals surface area contributed by atoms with Crippen LogP contribution < -0.4 is 9.62 Å². The summed E-state index contributed by atoms with van der Waals surface area (Å²) < 4.78 is 45.0. The minimum atomic E-state index is -3.68. The highest BCUT2D eigenvalue weighted by Crippen LogP contribution is 2.30. The summed E-state index contributed by atoms with van der Waals surface area (Å²) in [6.45, 7) is 0.340. The number of halogens is 1. The molecule has 0 amide bonds. The minimum Gasteiger partial charge on any atom is -0.394 e. The lowest BCUT2D eigenvalue weighted by molar-refractivity contribution is 0.115. The van der Waals surface area contributed by atoms with Gasteiger partial charge in [0.05, 0.1) is 29.3 Å². The maximum absolute atomic E-state index is 14.3. The largest absolute Gasteiger partial charge is 0.394 e. The Morgan fingerprint density at radius 2 is 2.24 bits per heavy atom. The Bertz CT molecular complexity index is 608. The van der Waals surface area contributed by atoms with E-state index in [4.69, 9.17) is 4.74 Å². The molecule has 0 aromatic heterocycles. The Kier molecular flexibility index (Phi) is 4.82. The lowest BCUT2D eigenvalue weighted by Gasteiger charge is -2.25. The first-order valence-electron chi connectivity index (χ1n) is 6.56. The van der Waals surface area contributed by atoms with Crippen molar-refractivity contribution < 1.29 is 22.7 Å². The summed E-state index contributed by atoms with van der Waals surface area (Å²) in [6.07, 6.45) is 0.519. The monoisotopic (exact) mass is 318 g/mol. The van der Waals surface area contributed by atoms with Crippen LogP contribution in [0.3, 0.4) is 0 Å². The standard InChI is InChI=1S/C13H19FN2O4S/c1-15-21(18,19)11-3-4-13(12(14)6-11)16-7-10(20-2)5-9(16)8-17/h3-4,6,9-10,15,17H,5,7-8H2,1-2H3/t9-,10-/m0/s1. The molecule has 0 radical (unpaired) electrons. The van der Waals surface area contributed by atoms with Crippen molar-refractivity contribution in [1.29, 1.82) is 0 Å². The first-order valence-corrected chi connectivity index (χ1v) is 8.04. The smallest absolute Gasteiger partial charge is 0.240 e. The molecule has 0 aliphatic carbocycles. The maximum atomic E-state index is 14.3. The number of aliphatic hydroxyl groups is 1. The third-order valence-electron chi connectivity index (χ3n) is 3.73. The molecule has 1 heterocycles. The third-order valence-corrected chi connectivity index (χ3v) is 5.14. The molecule has 0 spiro atoms. The summed E-state index contributed by atoms with van der Waals surface area (Å²) in [5.74, 6) is -0.637. The van der Waals surface area contributed by atoms with E-state index in [1.54, 1.807) is 12.0 Å². The molecule has 1 aliphatic heterocycles. The predicted molar refractivity (Wildman–Crippen MR) is 76.3 cm³/mol. The molecule has 6 nitrogen and oxygen atoms in total. The molecule has 118 valence electrons. The zero-order valence-corrected chi connectivity index (χ0v) is 12.7. The van der Waals surface area contributed by atoms with Gasteiger partial charge in [-0.15, -0.1) is 0 Å². The van der Waals surface area contributed by atoms with Crippen LogP contribution in [0.4, 0.5) is 10.1 Å². The van der Waals surface area contributed by atoms with E-state index in [1.165, 1.54) is 19.2 Å². The van der Waals surface area contributed by atoms with Crippen molar-refractivity contribution >= 4 is 15.7 Å². The minimum absolute atomic E-state index is 0.0812. The Labute approximate surface area is 123 Å². The molecular weight excluding hydrogens is 299 g/mol. The normalized spacial score (nSPS) is 22.8. The number of benzene rings is 1. The average Bonchev–Trinajstić information content (AvgIpc) is 2.90. The molecule has 1 saturated heterocycles. The number of nitrogens with zero attached hydrogens (tertiary/aromatic N) is 1. The molecule has 0 bridgehead atoms. The van der Waals surface area contributed by atoms with E-state index in [0.29, 0.717) is 13.0 Å². The van der Waals surface area contributed by atoms with E-state index < -0.39 is 15.8 Å². The number of ether oxygens (including phenoxy) is 1. The van der Waals surface area contributed by atoms with Crippen LogP contribution in [0, 0.1) is 5.82 Å². The SMILES string of the molecule is CNS(=O)(=O)c1ccc(N2C[C@@H](OC)C[C@H]2CO)c(F)c1. The van der Waals surface area contributed by atoms with Crippen LogP contribution in [0.2, 0.25) is 0 Å². The van der Waals surface area contributed by atoms with Gasteiger partial charge in [0.25, 0.3) is 0 Å². The quantitative estimate of drug-likeness (QED) is 0.817. The highest BCUT2D eigenvalue weighted by Gasteiger charge is 2.33. The summed E-state index contributed by atoms with van der Waals surface area (Å²) in [5.41, 5.74) is 0.267. The summed E-state index contributed by atoms with van der Waals surface area (Å²) in [7, 11) is -0.837. The Morgan fingerprint density at radius 3 is 2.76 bits per heavy atom. The van der Waals surface area contributed by atoms with E-state index in [1.807, 2.05) is 0 Å². The lowest BCUT2D eigenvalue weighted by atomic mass is 10.2. The van der Waals surface area contributed by atoms with Crippen LogP contribution in [0.15, 0.2) is 23.1 Å². The second-order valence-electron chi connectivity index (χ2n) is 4.90. The topological polar surface area (TPSA) is 78.9 Å². The van der Waals surface area contributed by atoms with E-state index in [2.05, 4.69) is 4.72 Å². The first kappa shape index (κ1) is 16.2. The van der Waals surface area contributed by atoms with Gasteiger partial charge in [0, 0.05) is 13.7 Å². The van der Waals surface area contributed by atoms with Gasteiger partial charge in [0.15, 0.2) is 0 Å². The highest BCUT2D eigenvalue weighted by atomic mass is 32.2. The van der Waals surface area contributed by atoms with Crippen molar-refractivity contribution in [1.82, 2.24) is 4.72 Å². The molecule has 1 aromatic carbocycles. The Hall–Kier alpha value is -1.22. The van der Waals surface area contributed by atoms with Crippen molar-refractivity contribution in [3.63, 3.8) is 0 Å². The van der Waals surface area contributed by atoms with Gasteiger partial charge in [0.2, 0.25) is 10.0 Å². The molecule has 0 saturated carbocycles. The number of rotatable bonds is 5. The average molecular weight is 318 g/mol. The Balaban J connectivity index is 2.33. The van der Waals surface area contributed by atoms with Crippen LogP contribution in [-0.4, -0.2) is 53.0 Å². The first-order chi connectivity index (χ1) is 9.92. The third kappa shape index (κ3) is 3.18. The van der Waals surface area contributed by atoms with E-state index in [-0.39, 0.29) is 29.3 Å². The van der Waals surface area contributed by atoms with Gasteiger partial charge < -0.3 is 14.7 Å². The van der Waals surface area contributed by atoms with Crippen molar-refractivity contribution in [3.8, 4) is 0 Å². The van der Waals surface area contributed by atoms with Crippen molar-refractivity contribution in [2.24, 2.45) is 0 Å². The van der Waals surface area contributed by atoms with E-state index in [9.17, 15) is 17.9 Å². The maximum Gasteiger partial charge on any atom is 0.240 e. The zero-order chi connectivity index (χ0) is 15.6. The van der Waals surface area contributed by atoms with Crippen LogP contribution in [0.25, 0.3) is 0 Å². The highest BCUT2D eigenvalue weighted by molar-refractivity contribution is 7.89. The molecule has 8 heteroatoms. The molecule has 1 fully saturated rings. The van der Waals surface area contributed by atoms with E-state index >= 15 is 0 Å². The fourth-order valence-corrected chi connectivity index (χ4v) is 3.26. The number of anilines is 1. The van der Waals surface area contributed by atoms with Gasteiger partial charge in [-0.2, -0.15) is 0 Å². The molecule has 1 aliphatic rings. The van der Waals surface area contributed by atoms with Crippen LogP contribution >= 0.6 is 0 Å². The number of sulfonamides is 1. The summed E-state index contributed by atoms with van der Waals surface area (Å²) in [5, 5.41) is 9.40. The molecule has 21 heavy (non-hydrogen) atoms.